The highest BCUT2D eigenvalue weighted by Crippen LogP contribution is 2.36. The van der Waals surface area contributed by atoms with Gasteiger partial charge in [0.2, 0.25) is 15.9 Å². The maximum absolute atomic E-state index is 12.7. The van der Waals surface area contributed by atoms with Gasteiger partial charge in [0.15, 0.2) is 5.75 Å². The number of anilines is 2. The van der Waals surface area contributed by atoms with Gasteiger partial charge in [-0.15, -0.1) is 0 Å². The first-order valence-corrected chi connectivity index (χ1v) is 14.2. The molecule has 1 heterocycles. The lowest BCUT2D eigenvalue weighted by molar-refractivity contribution is -0.116. The summed E-state index contributed by atoms with van der Waals surface area (Å²) in [5, 5.41) is 5.22. The molecule has 0 saturated heterocycles. The maximum atomic E-state index is 12.7. The first-order chi connectivity index (χ1) is 18.3. The van der Waals surface area contributed by atoms with E-state index in [0.717, 1.165) is 22.6 Å². The lowest BCUT2D eigenvalue weighted by Crippen LogP contribution is -2.31. The number of para-hydroxylation sites is 2. The molecule has 9 heteroatoms. The van der Waals surface area contributed by atoms with Gasteiger partial charge in [0.25, 0.3) is 0 Å². The van der Waals surface area contributed by atoms with Crippen LogP contribution in [0.15, 0.2) is 95.4 Å². The van der Waals surface area contributed by atoms with Crippen LogP contribution in [-0.4, -0.2) is 27.1 Å². The summed E-state index contributed by atoms with van der Waals surface area (Å²) in [4.78, 5) is 12.7. The van der Waals surface area contributed by atoms with Gasteiger partial charge in [0.1, 0.15) is 16.9 Å². The lowest BCUT2D eigenvalue weighted by Gasteiger charge is -2.25. The van der Waals surface area contributed by atoms with Crippen molar-refractivity contribution in [2.45, 2.75) is 12.8 Å². The summed E-state index contributed by atoms with van der Waals surface area (Å²) < 4.78 is 38.5. The molecule has 1 amide bonds. The lowest BCUT2D eigenvalue weighted by atomic mass is 10.1. The van der Waals surface area contributed by atoms with Crippen LogP contribution in [0.4, 0.5) is 11.4 Å². The van der Waals surface area contributed by atoms with E-state index >= 15 is 0 Å². The number of hydrogen-bond donors (Lipinski definition) is 1. The molecule has 0 aliphatic rings. The van der Waals surface area contributed by atoms with Crippen molar-refractivity contribution in [1.82, 2.24) is 0 Å². The van der Waals surface area contributed by atoms with Gasteiger partial charge in [0, 0.05) is 40.5 Å². The number of carbonyl (C=O) groups excluding carboxylic acids is 1. The smallest absolute Gasteiger partial charge is 0.232 e. The summed E-state index contributed by atoms with van der Waals surface area (Å²) in [6, 6.07) is 27.1. The van der Waals surface area contributed by atoms with E-state index in [1.54, 1.807) is 36.4 Å². The second-order valence-corrected chi connectivity index (χ2v) is 11.2. The number of fused-ring (bicyclic) bond motifs is 3. The Kier molecular flexibility index (Phi) is 7.26. The van der Waals surface area contributed by atoms with Crippen molar-refractivity contribution < 1.29 is 22.4 Å². The van der Waals surface area contributed by atoms with Gasteiger partial charge in [-0.05, 0) is 55.0 Å². The molecule has 0 atom stereocenters. The molecule has 0 radical (unpaired) electrons. The molecule has 7 nitrogen and oxygen atoms in total. The molecule has 4 aromatic carbocycles. The van der Waals surface area contributed by atoms with E-state index in [1.807, 2.05) is 54.6 Å². The van der Waals surface area contributed by atoms with Crippen LogP contribution in [0, 0.1) is 0 Å². The highest BCUT2D eigenvalue weighted by Gasteiger charge is 2.22. The third-order valence-electron chi connectivity index (χ3n) is 5.99. The summed E-state index contributed by atoms with van der Waals surface area (Å²) in [6.45, 7) is 0.0698. The summed E-state index contributed by atoms with van der Waals surface area (Å²) in [5.41, 5.74) is 2.37. The molecule has 1 aromatic heterocycles. The average molecular weight is 549 g/mol. The van der Waals surface area contributed by atoms with Crippen LogP contribution in [0.3, 0.4) is 0 Å². The van der Waals surface area contributed by atoms with Crippen LogP contribution >= 0.6 is 11.6 Å². The van der Waals surface area contributed by atoms with E-state index in [-0.39, 0.29) is 25.3 Å². The number of nitrogens with zero attached hydrogens (tertiary/aromatic N) is 1. The van der Waals surface area contributed by atoms with Crippen molar-refractivity contribution in [3.8, 4) is 11.5 Å². The average Bonchev–Trinajstić information content (AvgIpc) is 3.25. The highest BCUT2D eigenvalue weighted by molar-refractivity contribution is 7.92. The second-order valence-electron chi connectivity index (χ2n) is 8.82. The summed E-state index contributed by atoms with van der Waals surface area (Å²) >= 11 is 6.21. The van der Waals surface area contributed by atoms with Crippen LogP contribution in [-0.2, 0) is 14.8 Å². The first kappa shape index (κ1) is 25.6. The summed E-state index contributed by atoms with van der Waals surface area (Å²) in [6.07, 6.45) is 1.51. The first-order valence-electron chi connectivity index (χ1n) is 12.0. The molecule has 0 fully saturated rings. The fourth-order valence-corrected chi connectivity index (χ4v) is 5.39. The summed E-state index contributed by atoms with van der Waals surface area (Å²) in [5.74, 6) is 0.667. The van der Waals surface area contributed by atoms with Gasteiger partial charge in [-0.2, -0.15) is 0 Å². The standard InChI is InChI=1S/C29H25ClN2O5S/c1-38(34,35)32(25-18-20(30)13-16-27(25)36-22-8-3-2-4-9-22)17-7-12-29(33)31-21-14-15-24-23-10-5-6-11-26(23)37-28(24)19-21/h2-6,8-11,13-16,18-19H,7,12,17H2,1H3,(H,31,33). The van der Waals surface area contributed by atoms with Crippen LogP contribution in [0.1, 0.15) is 12.8 Å². The van der Waals surface area contributed by atoms with E-state index in [2.05, 4.69) is 5.32 Å². The van der Waals surface area contributed by atoms with Crippen LogP contribution < -0.4 is 14.4 Å². The van der Waals surface area contributed by atoms with Crippen LogP contribution in [0.25, 0.3) is 21.9 Å². The number of benzene rings is 4. The Labute approximate surface area is 225 Å². The molecule has 0 aliphatic heterocycles. The molecule has 5 rings (SSSR count). The number of furan rings is 1. The number of carbonyl (C=O) groups is 1. The van der Waals surface area contributed by atoms with Crippen molar-refractivity contribution in [2.75, 3.05) is 22.4 Å². The molecule has 194 valence electrons. The Morgan fingerprint density at radius 2 is 1.66 bits per heavy atom. The minimum atomic E-state index is -3.69. The normalized spacial score (nSPS) is 11.5. The van der Waals surface area contributed by atoms with Gasteiger partial charge in [0.05, 0.1) is 11.9 Å². The van der Waals surface area contributed by atoms with Gasteiger partial charge in [-0.3, -0.25) is 9.10 Å². The number of sulfonamides is 1. The van der Waals surface area contributed by atoms with E-state index in [9.17, 15) is 13.2 Å². The molecule has 0 spiro atoms. The van der Waals surface area contributed by atoms with Gasteiger partial charge in [-0.25, -0.2) is 8.42 Å². The number of halogens is 1. The number of hydrogen-bond acceptors (Lipinski definition) is 5. The maximum Gasteiger partial charge on any atom is 0.232 e. The fraction of sp³-hybridized carbons (Fsp3) is 0.138. The topological polar surface area (TPSA) is 88.9 Å². The van der Waals surface area contributed by atoms with Crippen molar-refractivity contribution >= 4 is 60.8 Å². The predicted octanol–water partition coefficient (Wildman–Crippen LogP) is 7.22. The number of amides is 1. The summed E-state index contributed by atoms with van der Waals surface area (Å²) in [7, 11) is -3.69. The Morgan fingerprint density at radius 3 is 2.45 bits per heavy atom. The molecule has 0 bridgehead atoms. The molecule has 0 aliphatic carbocycles. The minimum Gasteiger partial charge on any atom is -0.456 e. The third-order valence-corrected chi connectivity index (χ3v) is 7.40. The van der Waals surface area contributed by atoms with Gasteiger partial charge in [-0.1, -0.05) is 48.0 Å². The monoisotopic (exact) mass is 548 g/mol. The van der Waals surface area contributed by atoms with Crippen molar-refractivity contribution in [2.24, 2.45) is 0 Å². The Bertz CT molecular complexity index is 1720. The van der Waals surface area contributed by atoms with Crippen molar-refractivity contribution in [3.63, 3.8) is 0 Å². The number of rotatable bonds is 9. The molecule has 5 aromatic rings. The SMILES string of the molecule is CS(=O)(=O)N(CCCC(=O)Nc1ccc2c(c1)oc1ccccc12)c1cc(Cl)ccc1Oc1ccccc1. The zero-order valence-corrected chi connectivity index (χ0v) is 22.1. The van der Waals surface area contributed by atoms with Crippen molar-refractivity contribution in [3.05, 3.63) is 96.0 Å². The Balaban J connectivity index is 1.28. The molecule has 0 unspecified atom stereocenters. The second kappa shape index (κ2) is 10.8. The highest BCUT2D eigenvalue weighted by atomic mass is 35.5. The Morgan fingerprint density at radius 1 is 0.921 bits per heavy atom. The minimum absolute atomic E-state index is 0.0698. The van der Waals surface area contributed by atoms with Crippen LogP contribution in [0.2, 0.25) is 5.02 Å². The molecule has 1 N–H and O–H groups in total. The van der Waals surface area contributed by atoms with E-state index in [1.165, 1.54) is 4.31 Å². The number of nitrogens with one attached hydrogen (secondary N) is 1. The molecule has 38 heavy (non-hydrogen) atoms. The van der Waals surface area contributed by atoms with Gasteiger partial charge < -0.3 is 14.5 Å². The van der Waals surface area contributed by atoms with Gasteiger partial charge >= 0.3 is 0 Å². The number of ether oxygens (including phenoxy) is 1. The fourth-order valence-electron chi connectivity index (χ4n) is 4.26. The van der Waals surface area contributed by atoms with Crippen molar-refractivity contribution in [1.29, 1.82) is 0 Å². The molecule has 0 saturated carbocycles. The third kappa shape index (κ3) is 5.77. The zero-order valence-electron chi connectivity index (χ0n) is 20.6. The Hall–Kier alpha value is -4.01. The molecular weight excluding hydrogens is 524 g/mol. The largest absolute Gasteiger partial charge is 0.456 e. The van der Waals surface area contributed by atoms with Crippen LogP contribution in [0.5, 0.6) is 11.5 Å². The quantitative estimate of drug-likeness (QED) is 0.210. The predicted molar refractivity (Wildman–Crippen MR) is 152 cm³/mol. The molecular formula is C29H25ClN2O5S. The van der Waals surface area contributed by atoms with E-state index in [0.29, 0.717) is 33.5 Å². The van der Waals surface area contributed by atoms with E-state index < -0.39 is 10.0 Å². The van der Waals surface area contributed by atoms with E-state index in [4.69, 9.17) is 20.8 Å². The zero-order chi connectivity index (χ0) is 26.7.